The maximum Gasteiger partial charge on any atom is 0.136 e. The zero-order chi connectivity index (χ0) is 12.7. The number of rotatable bonds is 2. The van der Waals surface area contributed by atoms with Crippen LogP contribution in [0.4, 0.5) is 0 Å². The first-order valence-corrected chi connectivity index (χ1v) is 6.24. The van der Waals surface area contributed by atoms with Crippen molar-refractivity contribution in [1.29, 1.82) is 0 Å². The normalized spacial score (nSPS) is 11.4. The van der Waals surface area contributed by atoms with Crippen LogP contribution in [0.3, 0.4) is 0 Å². The molecule has 0 unspecified atom stereocenters. The summed E-state index contributed by atoms with van der Waals surface area (Å²) < 4.78 is 2.15. The van der Waals surface area contributed by atoms with E-state index < -0.39 is 0 Å². The van der Waals surface area contributed by atoms with Gasteiger partial charge in [0, 0.05) is 11.7 Å². The molecule has 0 atom stereocenters. The second kappa shape index (κ2) is 3.95. The van der Waals surface area contributed by atoms with Crippen molar-refractivity contribution < 1.29 is 0 Å². The second-order valence-electron chi connectivity index (χ2n) is 4.55. The molecule has 4 nitrogen and oxygen atoms in total. The van der Waals surface area contributed by atoms with Gasteiger partial charge in [0.15, 0.2) is 0 Å². The lowest BCUT2D eigenvalue weighted by Gasteiger charge is -2.03. The van der Waals surface area contributed by atoms with Crippen LogP contribution in [-0.4, -0.2) is 19.6 Å². The Labute approximate surface area is 109 Å². The number of aromatic nitrogens is 4. The third-order valence-electron chi connectivity index (χ3n) is 3.29. The van der Waals surface area contributed by atoms with Crippen LogP contribution in [0.5, 0.6) is 0 Å². The van der Waals surface area contributed by atoms with Gasteiger partial charge < -0.3 is 4.57 Å². The minimum absolute atomic E-state index is 0.627. The average molecular weight is 248 g/mol. The Kier molecular flexibility index (Phi) is 2.14. The number of nitrogens with zero attached hydrogens (tertiary/aromatic N) is 4. The fraction of sp³-hybridized carbons (Fsp3) is 0.0667. The van der Waals surface area contributed by atoms with Crippen molar-refractivity contribution in [2.75, 3.05) is 0 Å². The molecule has 2 heterocycles. The Balaban J connectivity index is 1.78. The highest BCUT2D eigenvalue weighted by atomic mass is 15.5. The molecular weight excluding hydrogens is 236 g/mol. The third-order valence-corrected chi connectivity index (χ3v) is 3.29. The van der Waals surface area contributed by atoms with Gasteiger partial charge in [-0.05, 0) is 29.7 Å². The highest BCUT2D eigenvalue weighted by molar-refractivity contribution is 5.79. The van der Waals surface area contributed by atoms with Crippen molar-refractivity contribution in [3.8, 4) is 0 Å². The molecule has 19 heavy (non-hydrogen) atoms. The molecule has 0 spiro atoms. The summed E-state index contributed by atoms with van der Waals surface area (Å²) in [6.07, 6.45) is 2.07. The fourth-order valence-electron chi connectivity index (χ4n) is 2.37. The van der Waals surface area contributed by atoms with Crippen molar-refractivity contribution in [1.82, 2.24) is 19.6 Å². The Morgan fingerprint density at radius 1 is 0.789 bits per heavy atom. The standard InChI is InChI=1S/C15H12N4/c1-4-8-15-12(5-1)9-10-18(15)11-19-16-13-6-2-3-7-14(13)17-19/h1-10H,11H2. The van der Waals surface area contributed by atoms with Gasteiger partial charge in [-0.25, -0.2) is 0 Å². The van der Waals surface area contributed by atoms with Crippen molar-refractivity contribution in [2.45, 2.75) is 6.67 Å². The number of para-hydroxylation sites is 1. The van der Waals surface area contributed by atoms with Gasteiger partial charge in [0.2, 0.25) is 0 Å². The molecule has 0 aliphatic heterocycles. The molecule has 0 aliphatic carbocycles. The number of fused-ring (bicyclic) bond motifs is 2. The van der Waals surface area contributed by atoms with Crippen molar-refractivity contribution in [2.24, 2.45) is 0 Å². The van der Waals surface area contributed by atoms with Crippen molar-refractivity contribution in [3.05, 3.63) is 60.8 Å². The first-order chi connectivity index (χ1) is 9.40. The van der Waals surface area contributed by atoms with Gasteiger partial charge >= 0.3 is 0 Å². The molecule has 0 N–H and O–H groups in total. The molecule has 0 amide bonds. The monoisotopic (exact) mass is 248 g/mol. The van der Waals surface area contributed by atoms with E-state index in [1.807, 2.05) is 36.4 Å². The van der Waals surface area contributed by atoms with E-state index in [2.05, 4.69) is 39.2 Å². The van der Waals surface area contributed by atoms with Gasteiger partial charge in [-0.1, -0.05) is 30.3 Å². The van der Waals surface area contributed by atoms with E-state index in [0.29, 0.717) is 6.67 Å². The number of hydrogen-bond acceptors (Lipinski definition) is 2. The van der Waals surface area contributed by atoms with Gasteiger partial charge in [-0.2, -0.15) is 15.0 Å². The van der Waals surface area contributed by atoms with Crippen LogP contribution in [0.15, 0.2) is 60.8 Å². The summed E-state index contributed by atoms with van der Waals surface area (Å²) >= 11 is 0. The Morgan fingerprint density at radius 2 is 1.47 bits per heavy atom. The molecule has 0 radical (unpaired) electrons. The first kappa shape index (κ1) is 10.3. The van der Waals surface area contributed by atoms with Crippen LogP contribution in [0, 0.1) is 0 Å². The summed E-state index contributed by atoms with van der Waals surface area (Å²) in [5, 5.41) is 10.2. The highest BCUT2D eigenvalue weighted by Crippen LogP contribution is 2.15. The highest BCUT2D eigenvalue weighted by Gasteiger charge is 2.04. The molecule has 0 aliphatic rings. The van der Waals surface area contributed by atoms with Crippen LogP contribution < -0.4 is 0 Å². The van der Waals surface area contributed by atoms with Crippen LogP contribution in [-0.2, 0) is 6.67 Å². The van der Waals surface area contributed by atoms with E-state index >= 15 is 0 Å². The maximum absolute atomic E-state index is 4.48. The zero-order valence-corrected chi connectivity index (χ0v) is 10.3. The first-order valence-electron chi connectivity index (χ1n) is 6.24. The predicted octanol–water partition coefficient (Wildman–Crippen LogP) is 2.89. The fourth-order valence-corrected chi connectivity index (χ4v) is 2.37. The quantitative estimate of drug-likeness (QED) is 0.547. The minimum atomic E-state index is 0.627. The molecule has 0 bridgehead atoms. The largest absolute Gasteiger partial charge is 0.326 e. The molecule has 2 aromatic heterocycles. The van der Waals surface area contributed by atoms with Gasteiger partial charge in [-0.3, -0.25) is 0 Å². The molecule has 0 fully saturated rings. The summed E-state index contributed by atoms with van der Waals surface area (Å²) in [6, 6.07) is 18.3. The summed E-state index contributed by atoms with van der Waals surface area (Å²) in [5.74, 6) is 0. The number of benzene rings is 2. The Morgan fingerprint density at radius 3 is 2.26 bits per heavy atom. The molecule has 92 valence electrons. The smallest absolute Gasteiger partial charge is 0.136 e. The topological polar surface area (TPSA) is 35.6 Å². The SMILES string of the molecule is c1ccc2c(c1)ccn2Cn1nc2ccccc2n1. The third kappa shape index (κ3) is 1.69. The van der Waals surface area contributed by atoms with E-state index in [9.17, 15) is 0 Å². The molecule has 2 aromatic carbocycles. The molecular formula is C15H12N4. The molecule has 4 aromatic rings. The van der Waals surface area contributed by atoms with Crippen molar-refractivity contribution in [3.63, 3.8) is 0 Å². The number of hydrogen-bond donors (Lipinski definition) is 0. The molecule has 4 rings (SSSR count). The predicted molar refractivity (Wildman–Crippen MR) is 74.9 cm³/mol. The van der Waals surface area contributed by atoms with Crippen LogP contribution in [0.2, 0.25) is 0 Å². The molecule has 4 heteroatoms. The summed E-state index contributed by atoms with van der Waals surface area (Å²) in [4.78, 5) is 1.73. The average Bonchev–Trinajstić information content (AvgIpc) is 3.03. The lowest BCUT2D eigenvalue weighted by Crippen LogP contribution is -2.09. The summed E-state index contributed by atoms with van der Waals surface area (Å²) in [7, 11) is 0. The Bertz CT molecular complexity index is 823. The van der Waals surface area contributed by atoms with Gasteiger partial charge in [-0.15, -0.1) is 0 Å². The van der Waals surface area contributed by atoms with Gasteiger partial charge in [0.1, 0.15) is 17.7 Å². The Hall–Kier alpha value is -2.62. The molecule has 0 saturated heterocycles. The minimum Gasteiger partial charge on any atom is -0.326 e. The van der Waals surface area contributed by atoms with Crippen LogP contribution in [0.1, 0.15) is 0 Å². The molecule has 0 saturated carbocycles. The lowest BCUT2D eigenvalue weighted by molar-refractivity contribution is 0.502. The van der Waals surface area contributed by atoms with E-state index in [4.69, 9.17) is 0 Å². The summed E-state index contributed by atoms with van der Waals surface area (Å²) in [5.41, 5.74) is 3.06. The van der Waals surface area contributed by atoms with E-state index in [-0.39, 0.29) is 0 Å². The van der Waals surface area contributed by atoms with Gasteiger partial charge in [0.25, 0.3) is 0 Å². The second-order valence-corrected chi connectivity index (χ2v) is 4.55. The summed E-state index contributed by atoms with van der Waals surface area (Å²) in [6.45, 7) is 0.627. The lowest BCUT2D eigenvalue weighted by atomic mass is 10.2. The maximum atomic E-state index is 4.48. The van der Waals surface area contributed by atoms with Crippen LogP contribution >= 0.6 is 0 Å². The van der Waals surface area contributed by atoms with Gasteiger partial charge in [0.05, 0.1) is 0 Å². The van der Waals surface area contributed by atoms with Crippen LogP contribution in [0.25, 0.3) is 21.9 Å². The van der Waals surface area contributed by atoms with Crippen molar-refractivity contribution >= 4 is 21.9 Å². The van der Waals surface area contributed by atoms with E-state index in [1.165, 1.54) is 10.9 Å². The van der Waals surface area contributed by atoms with E-state index in [1.54, 1.807) is 4.80 Å². The zero-order valence-electron chi connectivity index (χ0n) is 10.3. The van der Waals surface area contributed by atoms with E-state index in [0.717, 1.165) is 11.0 Å².